The Labute approximate surface area is 204 Å². The van der Waals surface area contributed by atoms with Gasteiger partial charge in [-0.25, -0.2) is 4.39 Å². The fourth-order valence-electron chi connectivity index (χ4n) is 2.94. The Balaban J connectivity index is 1.85. The molecule has 0 spiro atoms. The standard InChI is InChI=1S/C25H17FIN3O3/c1-32-23-12-16(10-19(14-29)25(31)30-22-9-5-4-8-20(22)26)11-21(27)24(23)33-15-18-7-3-2-6-17(18)13-28/h2-12H,15H2,1H3,(H,30,31)/b19-10-. The van der Waals surface area contributed by atoms with E-state index in [1.807, 2.05) is 18.2 Å². The summed E-state index contributed by atoms with van der Waals surface area (Å²) in [7, 11) is 1.48. The highest BCUT2D eigenvalue weighted by atomic mass is 127. The number of carbonyl (C=O) groups is 1. The molecule has 0 unspecified atom stereocenters. The molecule has 0 saturated carbocycles. The fourth-order valence-corrected chi connectivity index (χ4v) is 3.72. The molecule has 0 fully saturated rings. The molecule has 3 aromatic rings. The summed E-state index contributed by atoms with van der Waals surface area (Å²) < 4.78 is 25.9. The number of nitriles is 2. The number of nitrogens with zero attached hydrogens (tertiary/aromatic N) is 2. The first-order chi connectivity index (χ1) is 16.0. The maximum absolute atomic E-state index is 13.8. The Morgan fingerprint density at radius 1 is 1.15 bits per heavy atom. The maximum atomic E-state index is 13.8. The molecule has 6 nitrogen and oxygen atoms in total. The number of nitrogens with one attached hydrogen (secondary N) is 1. The first-order valence-corrected chi connectivity index (χ1v) is 10.7. The number of para-hydroxylation sites is 1. The minimum atomic E-state index is -0.731. The van der Waals surface area contributed by atoms with Gasteiger partial charge in [-0.3, -0.25) is 4.79 Å². The van der Waals surface area contributed by atoms with Gasteiger partial charge in [0.25, 0.3) is 5.91 Å². The molecule has 0 aliphatic carbocycles. The number of ether oxygens (including phenoxy) is 2. The molecule has 0 radical (unpaired) electrons. The molecule has 164 valence electrons. The summed E-state index contributed by atoms with van der Waals surface area (Å²) in [4.78, 5) is 12.5. The lowest BCUT2D eigenvalue weighted by atomic mass is 10.1. The van der Waals surface area contributed by atoms with Gasteiger partial charge in [-0.2, -0.15) is 10.5 Å². The van der Waals surface area contributed by atoms with Crippen LogP contribution in [0.4, 0.5) is 10.1 Å². The summed E-state index contributed by atoms with van der Waals surface area (Å²) in [5, 5.41) is 21.1. The van der Waals surface area contributed by atoms with Gasteiger partial charge in [0.15, 0.2) is 11.5 Å². The van der Waals surface area contributed by atoms with Crippen molar-refractivity contribution >= 4 is 40.3 Å². The van der Waals surface area contributed by atoms with Crippen molar-refractivity contribution in [2.45, 2.75) is 6.61 Å². The molecule has 0 heterocycles. The van der Waals surface area contributed by atoms with Gasteiger partial charge in [-0.15, -0.1) is 0 Å². The topological polar surface area (TPSA) is 95.1 Å². The van der Waals surface area contributed by atoms with E-state index in [0.717, 1.165) is 5.56 Å². The normalized spacial score (nSPS) is 10.6. The van der Waals surface area contributed by atoms with Crippen LogP contribution in [0.25, 0.3) is 6.08 Å². The predicted octanol–water partition coefficient (Wildman–Crippen LogP) is 5.44. The number of benzene rings is 3. The van der Waals surface area contributed by atoms with E-state index in [1.54, 1.807) is 30.3 Å². The number of hydrogen-bond acceptors (Lipinski definition) is 5. The summed E-state index contributed by atoms with van der Waals surface area (Å²) in [6.07, 6.45) is 1.38. The smallest absolute Gasteiger partial charge is 0.266 e. The second-order valence-corrected chi connectivity index (χ2v) is 7.86. The Kier molecular flexibility index (Phi) is 8.01. The van der Waals surface area contributed by atoms with Crippen molar-refractivity contribution in [3.05, 3.63) is 92.3 Å². The third-order valence-corrected chi connectivity index (χ3v) is 5.36. The van der Waals surface area contributed by atoms with Crippen LogP contribution in [0.3, 0.4) is 0 Å². The number of carbonyl (C=O) groups excluding carboxylic acids is 1. The summed E-state index contributed by atoms with van der Waals surface area (Å²) >= 11 is 2.06. The lowest BCUT2D eigenvalue weighted by Crippen LogP contribution is -2.14. The van der Waals surface area contributed by atoms with E-state index in [-0.39, 0.29) is 17.9 Å². The Bertz CT molecular complexity index is 1310. The number of halogens is 2. The average Bonchev–Trinajstić information content (AvgIpc) is 2.83. The van der Waals surface area contributed by atoms with E-state index in [0.29, 0.717) is 26.2 Å². The molecule has 1 N–H and O–H groups in total. The van der Waals surface area contributed by atoms with E-state index in [1.165, 1.54) is 31.4 Å². The van der Waals surface area contributed by atoms with Crippen molar-refractivity contribution in [3.8, 4) is 23.6 Å². The highest BCUT2D eigenvalue weighted by Gasteiger charge is 2.15. The van der Waals surface area contributed by atoms with E-state index < -0.39 is 11.7 Å². The van der Waals surface area contributed by atoms with Gasteiger partial charge in [0.1, 0.15) is 24.1 Å². The largest absolute Gasteiger partial charge is 0.493 e. The second-order valence-electron chi connectivity index (χ2n) is 6.70. The van der Waals surface area contributed by atoms with Crippen LogP contribution in [-0.2, 0) is 11.4 Å². The molecular formula is C25H17FIN3O3. The average molecular weight is 553 g/mol. The van der Waals surface area contributed by atoms with E-state index in [9.17, 15) is 19.7 Å². The summed E-state index contributed by atoms with van der Waals surface area (Å²) in [5.41, 5.74) is 1.56. The molecule has 3 rings (SSSR count). The molecule has 0 aromatic heterocycles. The quantitative estimate of drug-likeness (QED) is 0.239. The summed E-state index contributed by atoms with van der Waals surface area (Å²) in [6.45, 7) is 0.166. The highest BCUT2D eigenvalue weighted by Crippen LogP contribution is 2.35. The fraction of sp³-hybridized carbons (Fsp3) is 0.0800. The van der Waals surface area contributed by atoms with E-state index >= 15 is 0 Å². The monoisotopic (exact) mass is 553 g/mol. The SMILES string of the molecule is COc1cc(/C=C(/C#N)C(=O)Nc2ccccc2F)cc(I)c1OCc1ccccc1C#N. The van der Waals surface area contributed by atoms with Crippen LogP contribution in [-0.4, -0.2) is 13.0 Å². The molecule has 3 aromatic carbocycles. The first-order valence-electron chi connectivity index (χ1n) is 9.62. The molecule has 0 saturated heterocycles. The lowest BCUT2D eigenvalue weighted by molar-refractivity contribution is -0.112. The zero-order valence-corrected chi connectivity index (χ0v) is 19.6. The Morgan fingerprint density at radius 3 is 2.58 bits per heavy atom. The number of hydrogen-bond donors (Lipinski definition) is 1. The van der Waals surface area contributed by atoms with Crippen molar-refractivity contribution in [1.29, 1.82) is 10.5 Å². The third kappa shape index (κ3) is 5.88. The second kappa shape index (κ2) is 11.1. The third-order valence-electron chi connectivity index (χ3n) is 4.56. The van der Waals surface area contributed by atoms with Gasteiger partial charge in [0.2, 0.25) is 0 Å². The van der Waals surface area contributed by atoms with Gasteiger partial charge >= 0.3 is 0 Å². The van der Waals surface area contributed by atoms with Gasteiger partial charge < -0.3 is 14.8 Å². The first kappa shape index (κ1) is 23.8. The number of rotatable bonds is 7. The van der Waals surface area contributed by atoms with Gasteiger partial charge in [-0.1, -0.05) is 30.3 Å². The van der Waals surface area contributed by atoms with Crippen LogP contribution in [0.5, 0.6) is 11.5 Å². The lowest BCUT2D eigenvalue weighted by Gasteiger charge is -2.14. The van der Waals surface area contributed by atoms with E-state index in [4.69, 9.17) is 9.47 Å². The minimum absolute atomic E-state index is 0.0165. The van der Waals surface area contributed by atoms with Crippen molar-refractivity contribution in [2.75, 3.05) is 12.4 Å². The van der Waals surface area contributed by atoms with Crippen LogP contribution in [0, 0.1) is 32.0 Å². The van der Waals surface area contributed by atoms with Crippen molar-refractivity contribution in [2.24, 2.45) is 0 Å². The van der Waals surface area contributed by atoms with Crippen LogP contribution in [0.1, 0.15) is 16.7 Å². The Morgan fingerprint density at radius 2 is 1.88 bits per heavy atom. The van der Waals surface area contributed by atoms with Gasteiger partial charge in [0.05, 0.1) is 28.0 Å². The van der Waals surface area contributed by atoms with Crippen molar-refractivity contribution < 1.29 is 18.7 Å². The number of anilines is 1. The molecule has 0 bridgehead atoms. The summed E-state index contributed by atoms with van der Waals surface area (Å²) in [5.74, 6) is -0.462. The number of amides is 1. The maximum Gasteiger partial charge on any atom is 0.266 e. The van der Waals surface area contributed by atoms with Crippen LogP contribution in [0.2, 0.25) is 0 Å². The van der Waals surface area contributed by atoms with Crippen LogP contribution >= 0.6 is 22.6 Å². The number of methoxy groups -OCH3 is 1. The predicted molar refractivity (Wildman–Crippen MR) is 130 cm³/mol. The summed E-state index contributed by atoms with van der Waals surface area (Å²) in [6, 6.07) is 20.2. The van der Waals surface area contributed by atoms with Gasteiger partial charge in [-0.05, 0) is 64.6 Å². The zero-order chi connectivity index (χ0) is 23.8. The molecular weight excluding hydrogens is 536 g/mol. The molecule has 0 aliphatic heterocycles. The van der Waals surface area contributed by atoms with Crippen LogP contribution in [0.15, 0.2) is 66.2 Å². The molecule has 8 heteroatoms. The molecule has 0 atom stereocenters. The van der Waals surface area contributed by atoms with E-state index in [2.05, 4.69) is 34.0 Å². The van der Waals surface area contributed by atoms with Crippen molar-refractivity contribution in [1.82, 2.24) is 0 Å². The molecule has 0 aliphatic rings. The van der Waals surface area contributed by atoms with Gasteiger partial charge in [0, 0.05) is 5.56 Å². The Hall–Kier alpha value is -3.89. The highest BCUT2D eigenvalue weighted by molar-refractivity contribution is 14.1. The molecule has 1 amide bonds. The van der Waals surface area contributed by atoms with Crippen LogP contribution < -0.4 is 14.8 Å². The zero-order valence-electron chi connectivity index (χ0n) is 17.4. The van der Waals surface area contributed by atoms with Crippen molar-refractivity contribution in [3.63, 3.8) is 0 Å². The molecule has 33 heavy (non-hydrogen) atoms. The minimum Gasteiger partial charge on any atom is -0.493 e.